The summed E-state index contributed by atoms with van der Waals surface area (Å²) < 4.78 is 10.1. The molecule has 0 spiro atoms. The summed E-state index contributed by atoms with van der Waals surface area (Å²) in [5.41, 5.74) is 0. The predicted octanol–water partition coefficient (Wildman–Crippen LogP) is 0.876. The first-order valence-electron chi connectivity index (χ1n) is 5.30. The van der Waals surface area contributed by atoms with Gasteiger partial charge in [-0.2, -0.15) is 0 Å². The first-order valence-corrected chi connectivity index (χ1v) is 5.30. The van der Waals surface area contributed by atoms with Crippen LogP contribution < -0.4 is 4.74 Å². The van der Waals surface area contributed by atoms with Crippen LogP contribution in [0.3, 0.4) is 0 Å². The van der Waals surface area contributed by atoms with Crippen LogP contribution in [0.15, 0.2) is 24.3 Å². The van der Waals surface area contributed by atoms with Crippen LogP contribution in [0, 0.1) is 0 Å². The number of carbonyl (C=O) groups is 1. The molecule has 0 aliphatic rings. The van der Waals surface area contributed by atoms with Gasteiger partial charge in [0.25, 0.3) is 0 Å². The predicted molar refractivity (Wildman–Crippen MR) is 63.1 cm³/mol. The fourth-order valence-electron chi connectivity index (χ4n) is 1.07. The molecular formula is C12H17NO4. The Balaban J connectivity index is 2.21. The molecule has 0 atom stereocenters. The van der Waals surface area contributed by atoms with E-state index in [0.717, 1.165) is 0 Å². The third kappa shape index (κ3) is 5.77. The van der Waals surface area contributed by atoms with Gasteiger partial charge in [0, 0.05) is 6.54 Å². The molecule has 0 heterocycles. The highest BCUT2D eigenvalue weighted by Crippen LogP contribution is 2.15. The molecular weight excluding hydrogens is 222 g/mol. The molecule has 0 radical (unpaired) electrons. The zero-order chi connectivity index (χ0) is 12.7. The lowest BCUT2D eigenvalue weighted by molar-refractivity contribution is -0.146. The van der Waals surface area contributed by atoms with Crippen LogP contribution in [-0.2, 0) is 9.53 Å². The largest absolute Gasteiger partial charge is 0.508 e. The second-order valence-corrected chi connectivity index (χ2v) is 3.81. The van der Waals surface area contributed by atoms with E-state index in [1.165, 1.54) is 12.1 Å². The van der Waals surface area contributed by atoms with Crippen molar-refractivity contribution in [3.63, 3.8) is 0 Å². The molecule has 0 fully saturated rings. The standard InChI is InChI=1S/C12H17NO4/c1-13(2)7-8-16-12(15)9-17-11-5-3-10(14)4-6-11/h3-6,14H,7-9H2,1-2H3. The molecule has 94 valence electrons. The maximum Gasteiger partial charge on any atom is 0.344 e. The van der Waals surface area contributed by atoms with E-state index in [-0.39, 0.29) is 12.4 Å². The molecule has 0 amide bonds. The zero-order valence-electron chi connectivity index (χ0n) is 10.0. The van der Waals surface area contributed by atoms with Crippen molar-refractivity contribution in [1.82, 2.24) is 4.90 Å². The Labute approximate surface area is 101 Å². The van der Waals surface area contributed by atoms with Gasteiger partial charge in [0.2, 0.25) is 0 Å². The number of benzene rings is 1. The molecule has 5 heteroatoms. The van der Waals surface area contributed by atoms with E-state index in [0.29, 0.717) is 18.9 Å². The minimum Gasteiger partial charge on any atom is -0.508 e. The second-order valence-electron chi connectivity index (χ2n) is 3.81. The third-order valence-corrected chi connectivity index (χ3v) is 1.99. The highest BCUT2D eigenvalue weighted by molar-refractivity contribution is 5.71. The van der Waals surface area contributed by atoms with Crippen LogP contribution >= 0.6 is 0 Å². The number of aromatic hydroxyl groups is 1. The molecule has 1 aromatic carbocycles. The fraction of sp³-hybridized carbons (Fsp3) is 0.417. The van der Waals surface area contributed by atoms with Gasteiger partial charge in [0.05, 0.1) is 0 Å². The van der Waals surface area contributed by atoms with Gasteiger partial charge in [0.1, 0.15) is 18.1 Å². The van der Waals surface area contributed by atoms with Crippen molar-refractivity contribution in [2.75, 3.05) is 33.9 Å². The molecule has 0 aliphatic heterocycles. The molecule has 0 bridgehead atoms. The molecule has 1 aromatic rings. The number of carbonyl (C=O) groups excluding carboxylic acids is 1. The van der Waals surface area contributed by atoms with Crippen molar-refractivity contribution in [1.29, 1.82) is 0 Å². The maximum atomic E-state index is 11.2. The molecule has 0 saturated heterocycles. The van der Waals surface area contributed by atoms with Crippen LogP contribution in [0.4, 0.5) is 0 Å². The minimum absolute atomic E-state index is 0.127. The van der Waals surface area contributed by atoms with E-state index in [4.69, 9.17) is 14.6 Å². The molecule has 1 N–H and O–H groups in total. The summed E-state index contributed by atoms with van der Waals surface area (Å²) in [6.07, 6.45) is 0. The van der Waals surface area contributed by atoms with Crippen molar-refractivity contribution in [2.45, 2.75) is 0 Å². The number of hydrogen-bond acceptors (Lipinski definition) is 5. The van der Waals surface area contributed by atoms with E-state index in [9.17, 15) is 4.79 Å². The number of phenols is 1. The topological polar surface area (TPSA) is 59.0 Å². The van der Waals surface area contributed by atoms with E-state index < -0.39 is 5.97 Å². The molecule has 17 heavy (non-hydrogen) atoms. The Hall–Kier alpha value is -1.75. The molecule has 0 unspecified atom stereocenters. The number of phenolic OH excluding ortho intramolecular Hbond substituents is 1. The Morgan fingerprint density at radius 2 is 1.94 bits per heavy atom. The highest BCUT2D eigenvalue weighted by atomic mass is 16.6. The Kier molecular flexibility index (Phi) is 5.29. The summed E-state index contributed by atoms with van der Waals surface area (Å²) in [6, 6.07) is 6.16. The Morgan fingerprint density at radius 1 is 1.29 bits per heavy atom. The third-order valence-electron chi connectivity index (χ3n) is 1.99. The smallest absolute Gasteiger partial charge is 0.344 e. The van der Waals surface area contributed by atoms with Crippen molar-refractivity contribution in [2.24, 2.45) is 0 Å². The van der Waals surface area contributed by atoms with E-state index in [1.807, 2.05) is 19.0 Å². The van der Waals surface area contributed by atoms with Gasteiger partial charge in [-0.25, -0.2) is 4.79 Å². The summed E-state index contributed by atoms with van der Waals surface area (Å²) in [7, 11) is 3.81. The first-order chi connectivity index (χ1) is 8.08. The first kappa shape index (κ1) is 13.3. The average molecular weight is 239 g/mol. The molecule has 1 rings (SSSR count). The Bertz CT molecular complexity index is 348. The van der Waals surface area contributed by atoms with Crippen molar-refractivity contribution in [3.05, 3.63) is 24.3 Å². The van der Waals surface area contributed by atoms with Crippen LogP contribution in [0.1, 0.15) is 0 Å². The van der Waals surface area contributed by atoms with Gasteiger partial charge >= 0.3 is 5.97 Å². The van der Waals surface area contributed by atoms with Gasteiger partial charge in [-0.1, -0.05) is 0 Å². The van der Waals surface area contributed by atoms with Crippen LogP contribution in [0.5, 0.6) is 11.5 Å². The zero-order valence-corrected chi connectivity index (χ0v) is 10.0. The summed E-state index contributed by atoms with van der Waals surface area (Å²) in [6.45, 7) is 0.911. The number of likely N-dealkylation sites (N-methyl/N-ethyl adjacent to an activating group) is 1. The quantitative estimate of drug-likeness (QED) is 0.747. The van der Waals surface area contributed by atoms with Crippen molar-refractivity contribution < 1.29 is 19.4 Å². The Morgan fingerprint density at radius 3 is 2.53 bits per heavy atom. The lowest BCUT2D eigenvalue weighted by Gasteiger charge is -2.10. The van der Waals surface area contributed by atoms with Crippen molar-refractivity contribution in [3.8, 4) is 11.5 Å². The minimum atomic E-state index is -0.403. The maximum absolute atomic E-state index is 11.2. The molecule has 0 saturated carbocycles. The molecule has 0 aromatic heterocycles. The van der Waals surface area contributed by atoms with Gasteiger partial charge in [-0.15, -0.1) is 0 Å². The van der Waals surface area contributed by atoms with Crippen LogP contribution in [0.25, 0.3) is 0 Å². The van der Waals surface area contributed by atoms with E-state index in [2.05, 4.69) is 0 Å². The number of rotatable bonds is 6. The number of ether oxygens (including phenoxy) is 2. The van der Waals surface area contributed by atoms with Gasteiger partial charge < -0.3 is 19.5 Å². The summed E-state index contributed by atoms with van der Waals surface area (Å²) in [5, 5.41) is 9.05. The summed E-state index contributed by atoms with van der Waals surface area (Å²) >= 11 is 0. The summed E-state index contributed by atoms with van der Waals surface area (Å²) in [4.78, 5) is 13.2. The highest BCUT2D eigenvalue weighted by Gasteiger charge is 2.04. The number of nitrogens with zero attached hydrogens (tertiary/aromatic N) is 1. The van der Waals surface area contributed by atoms with Crippen LogP contribution in [-0.4, -0.2) is 49.8 Å². The second kappa shape index (κ2) is 6.75. The molecule has 5 nitrogen and oxygen atoms in total. The van der Waals surface area contributed by atoms with Gasteiger partial charge in [-0.05, 0) is 38.4 Å². The van der Waals surface area contributed by atoms with E-state index >= 15 is 0 Å². The van der Waals surface area contributed by atoms with Gasteiger partial charge in [-0.3, -0.25) is 0 Å². The fourth-order valence-corrected chi connectivity index (χ4v) is 1.07. The SMILES string of the molecule is CN(C)CCOC(=O)COc1ccc(O)cc1. The monoisotopic (exact) mass is 239 g/mol. The van der Waals surface area contributed by atoms with Crippen LogP contribution in [0.2, 0.25) is 0 Å². The summed E-state index contributed by atoms with van der Waals surface area (Å²) in [5.74, 6) is 0.276. The van der Waals surface area contributed by atoms with Crippen molar-refractivity contribution >= 4 is 5.97 Å². The number of hydrogen-bond donors (Lipinski definition) is 1. The molecule has 0 aliphatic carbocycles. The lowest BCUT2D eigenvalue weighted by atomic mass is 10.3. The van der Waals surface area contributed by atoms with Gasteiger partial charge in [0.15, 0.2) is 6.61 Å². The normalized spacial score (nSPS) is 10.3. The lowest BCUT2D eigenvalue weighted by Crippen LogP contribution is -2.22. The number of esters is 1. The average Bonchev–Trinajstić information content (AvgIpc) is 2.28. The van der Waals surface area contributed by atoms with E-state index in [1.54, 1.807) is 12.1 Å².